The number of rotatable bonds is 1. The third kappa shape index (κ3) is 3.34. The van der Waals surface area contributed by atoms with E-state index >= 15 is 0 Å². The summed E-state index contributed by atoms with van der Waals surface area (Å²) in [5.74, 6) is -0.0553. The first kappa shape index (κ1) is 18.3. The molecule has 1 aromatic carbocycles. The molecule has 2 aromatic rings. The predicted molar refractivity (Wildman–Crippen MR) is 94.3 cm³/mol. The summed E-state index contributed by atoms with van der Waals surface area (Å²) < 4.78 is 0. The van der Waals surface area contributed by atoms with Gasteiger partial charge < -0.3 is 10.6 Å². The molecule has 0 bridgehead atoms. The summed E-state index contributed by atoms with van der Waals surface area (Å²) in [6.07, 6.45) is 1.85. The van der Waals surface area contributed by atoms with Crippen molar-refractivity contribution in [2.75, 3.05) is 17.2 Å². The zero-order valence-electron chi connectivity index (χ0n) is 12.3. The summed E-state index contributed by atoms with van der Waals surface area (Å²) in [6.45, 7) is 2.60. The number of carbonyl (C=O) groups is 1. The van der Waals surface area contributed by atoms with Gasteiger partial charge in [-0.25, -0.2) is 4.98 Å². The second-order valence-corrected chi connectivity index (χ2v) is 5.07. The van der Waals surface area contributed by atoms with Crippen molar-refractivity contribution in [3.63, 3.8) is 0 Å². The van der Waals surface area contributed by atoms with Crippen LogP contribution in [0.15, 0.2) is 36.4 Å². The number of nitrogen functional groups attached to an aromatic ring is 1. The summed E-state index contributed by atoms with van der Waals surface area (Å²) in [5, 5.41) is 0. The molecule has 0 radical (unpaired) electrons. The van der Waals surface area contributed by atoms with Gasteiger partial charge in [-0.3, -0.25) is 4.79 Å². The Hall–Kier alpha value is -1.78. The molecule has 118 valence electrons. The van der Waals surface area contributed by atoms with Crippen molar-refractivity contribution in [2.24, 2.45) is 0 Å². The van der Waals surface area contributed by atoms with Crippen LogP contribution in [0.25, 0.3) is 0 Å². The Kier molecular flexibility index (Phi) is 6.21. The van der Waals surface area contributed by atoms with Gasteiger partial charge in [0.2, 0.25) is 0 Å². The standard InChI is InChI=1S/C16H17N3O.2ClH/c1-11-5-2-8-14(18-11)16(20)19-10-4-6-12-13(17)7-3-9-15(12)19;;/h2-3,5,7-9H,4,6,10,17H2,1H3;2*1H. The van der Waals surface area contributed by atoms with Crippen LogP contribution in [-0.2, 0) is 6.42 Å². The lowest BCUT2D eigenvalue weighted by molar-refractivity contribution is 0.0980. The molecular formula is C16H19Cl2N3O. The number of pyridine rings is 1. The molecule has 1 aliphatic heterocycles. The van der Waals surface area contributed by atoms with Gasteiger partial charge in [-0.05, 0) is 49.6 Å². The van der Waals surface area contributed by atoms with E-state index in [9.17, 15) is 4.79 Å². The summed E-state index contributed by atoms with van der Waals surface area (Å²) >= 11 is 0. The second-order valence-electron chi connectivity index (χ2n) is 5.07. The van der Waals surface area contributed by atoms with Gasteiger partial charge in [0.25, 0.3) is 5.91 Å². The molecule has 0 fully saturated rings. The fourth-order valence-corrected chi connectivity index (χ4v) is 2.66. The maximum Gasteiger partial charge on any atom is 0.276 e. The highest BCUT2D eigenvalue weighted by atomic mass is 35.5. The average Bonchev–Trinajstić information content (AvgIpc) is 2.46. The van der Waals surface area contributed by atoms with Crippen molar-refractivity contribution in [1.82, 2.24) is 4.98 Å². The Bertz CT molecular complexity index is 676. The molecule has 2 N–H and O–H groups in total. The summed E-state index contributed by atoms with van der Waals surface area (Å²) in [4.78, 5) is 18.8. The van der Waals surface area contributed by atoms with Gasteiger partial charge in [0, 0.05) is 23.6 Å². The van der Waals surface area contributed by atoms with Crippen LogP contribution < -0.4 is 10.6 Å². The Morgan fingerprint density at radius 1 is 1.18 bits per heavy atom. The van der Waals surface area contributed by atoms with E-state index in [1.54, 1.807) is 11.0 Å². The molecule has 0 saturated carbocycles. The van der Waals surface area contributed by atoms with Crippen LogP contribution in [-0.4, -0.2) is 17.4 Å². The molecule has 1 aromatic heterocycles. The van der Waals surface area contributed by atoms with Crippen molar-refractivity contribution < 1.29 is 4.79 Å². The minimum atomic E-state index is -0.0553. The number of amides is 1. The highest BCUT2D eigenvalue weighted by molar-refractivity contribution is 6.05. The second kappa shape index (κ2) is 7.47. The third-order valence-corrected chi connectivity index (χ3v) is 3.64. The molecule has 0 aliphatic carbocycles. The van der Waals surface area contributed by atoms with Crippen molar-refractivity contribution >= 4 is 42.1 Å². The SMILES string of the molecule is Cc1cccc(C(=O)N2CCCc3c(N)cccc32)n1.Cl.Cl. The molecule has 4 nitrogen and oxygen atoms in total. The van der Waals surface area contributed by atoms with Crippen LogP contribution in [0.2, 0.25) is 0 Å². The minimum absolute atomic E-state index is 0. The van der Waals surface area contributed by atoms with Gasteiger partial charge in [0.1, 0.15) is 5.69 Å². The number of nitrogens with zero attached hydrogens (tertiary/aromatic N) is 2. The van der Waals surface area contributed by atoms with E-state index in [1.165, 1.54) is 0 Å². The van der Waals surface area contributed by atoms with Crippen molar-refractivity contribution in [1.29, 1.82) is 0 Å². The summed E-state index contributed by atoms with van der Waals surface area (Å²) in [7, 11) is 0. The monoisotopic (exact) mass is 339 g/mol. The molecule has 2 heterocycles. The van der Waals surface area contributed by atoms with Crippen LogP contribution >= 0.6 is 24.8 Å². The van der Waals surface area contributed by atoms with Crippen molar-refractivity contribution in [3.05, 3.63) is 53.3 Å². The van der Waals surface area contributed by atoms with Crippen LogP contribution in [0.3, 0.4) is 0 Å². The van der Waals surface area contributed by atoms with Gasteiger partial charge >= 0.3 is 0 Å². The summed E-state index contributed by atoms with van der Waals surface area (Å²) in [5.41, 5.74) is 10.1. The van der Waals surface area contributed by atoms with E-state index < -0.39 is 0 Å². The molecule has 6 heteroatoms. The fraction of sp³-hybridized carbons (Fsp3) is 0.250. The van der Waals surface area contributed by atoms with Crippen LogP contribution in [0.5, 0.6) is 0 Å². The largest absolute Gasteiger partial charge is 0.398 e. The van der Waals surface area contributed by atoms with Gasteiger partial charge in [0.05, 0.1) is 0 Å². The van der Waals surface area contributed by atoms with E-state index in [1.807, 2.05) is 37.3 Å². The molecule has 1 amide bonds. The van der Waals surface area contributed by atoms with E-state index in [0.717, 1.165) is 35.5 Å². The van der Waals surface area contributed by atoms with E-state index in [0.29, 0.717) is 12.2 Å². The van der Waals surface area contributed by atoms with Crippen LogP contribution in [0.1, 0.15) is 28.2 Å². The number of carbonyl (C=O) groups excluding carboxylic acids is 1. The zero-order valence-corrected chi connectivity index (χ0v) is 13.9. The number of hydrogen-bond donors (Lipinski definition) is 1. The van der Waals surface area contributed by atoms with Crippen LogP contribution in [0.4, 0.5) is 11.4 Å². The molecule has 0 unspecified atom stereocenters. The molecule has 0 spiro atoms. The molecule has 0 atom stereocenters. The number of fused-ring (bicyclic) bond motifs is 1. The Morgan fingerprint density at radius 2 is 1.91 bits per heavy atom. The smallest absolute Gasteiger partial charge is 0.276 e. The molecule has 0 saturated heterocycles. The van der Waals surface area contributed by atoms with Gasteiger partial charge in [-0.15, -0.1) is 24.8 Å². The number of halogens is 2. The first-order valence-electron chi connectivity index (χ1n) is 6.80. The van der Waals surface area contributed by atoms with E-state index in [2.05, 4.69) is 4.98 Å². The number of nitrogens with two attached hydrogens (primary N) is 1. The lowest BCUT2D eigenvalue weighted by Crippen LogP contribution is -2.36. The van der Waals surface area contributed by atoms with Crippen molar-refractivity contribution in [2.45, 2.75) is 19.8 Å². The highest BCUT2D eigenvalue weighted by Crippen LogP contribution is 2.31. The maximum absolute atomic E-state index is 12.6. The Balaban J connectivity index is 0.00000121. The first-order chi connectivity index (χ1) is 9.66. The lowest BCUT2D eigenvalue weighted by Gasteiger charge is -2.30. The number of benzene rings is 1. The van der Waals surface area contributed by atoms with Gasteiger partial charge in [0.15, 0.2) is 0 Å². The fourth-order valence-electron chi connectivity index (χ4n) is 2.66. The minimum Gasteiger partial charge on any atom is -0.398 e. The van der Waals surface area contributed by atoms with Gasteiger partial charge in [-0.2, -0.15) is 0 Å². The summed E-state index contributed by atoms with van der Waals surface area (Å²) in [6, 6.07) is 11.2. The first-order valence-corrected chi connectivity index (χ1v) is 6.80. The average molecular weight is 340 g/mol. The number of hydrogen-bond acceptors (Lipinski definition) is 3. The number of anilines is 2. The normalized spacial score (nSPS) is 12.7. The van der Waals surface area contributed by atoms with E-state index in [-0.39, 0.29) is 30.7 Å². The van der Waals surface area contributed by atoms with E-state index in [4.69, 9.17) is 5.73 Å². The molecule has 22 heavy (non-hydrogen) atoms. The third-order valence-electron chi connectivity index (χ3n) is 3.64. The number of aryl methyl sites for hydroxylation is 1. The Labute approximate surface area is 142 Å². The predicted octanol–water partition coefficient (Wildman–Crippen LogP) is 3.41. The quantitative estimate of drug-likeness (QED) is 0.810. The molecule has 1 aliphatic rings. The maximum atomic E-state index is 12.6. The Morgan fingerprint density at radius 3 is 2.64 bits per heavy atom. The van der Waals surface area contributed by atoms with Crippen LogP contribution in [0, 0.1) is 6.92 Å². The topological polar surface area (TPSA) is 59.2 Å². The zero-order chi connectivity index (χ0) is 14.1. The number of aromatic nitrogens is 1. The molecular weight excluding hydrogens is 321 g/mol. The van der Waals surface area contributed by atoms with Gasteiger partial charge in [-0.1, -0.05) is 12.1 Å². The van der Waals surface area contributed by atoms with Crippen molar-refractivity contribution in [3.8, 4) is 0 Å². The highest BCUT2D eigenvalue weighted by Gasteiger charge is 2.25. The lowest BCUT2D eigenvalue weighted by atomic mass is 9.99. The molecule has 3 rings (SSSR count).